The monoisotopic (exact) mass is 260 g/mol. The molecule has 0 saturated carbocycles. The van der Waals surface area contributed by atoms with E-state index in [1.807, 2.05) is 6.92 Å². The van der Waals surface area contributed by atoms with Gasteiger partial charge in [-0.3, -0.25) is 0 Å². The molecule has 2 aromatic rings. The largest absolute Gasteiger partial charge is 0.489 e. The lowest BCUT2D eigenvalue weighted by Crippen LogP contribution is -2.01. The van der Waals surface area contributed by atoms with Crippen molar-refractivity contribution >= 4 is 5.97 Å². The van der Waals surface area contributed by atoms with Crippen LogP contribution in [0.1, 0.15) is 21.5 Å². The van der Waals surface area contributed by atoms with Gasteiger partial charge in [0, 0.05) is 0 Å². The van der Waals surface area contributed by atoms with Crippen molar-refractivity contribution in [2.24, 2.45) is 0 Å². The number of carbonyl (C=O) groups is 1. The van der Waals surface area contributed by atoms with Crippen LogP contribution in [0, 0.1) is 12.7 Å². The number of ether oxygens (including phenoxy) is 1. The first-order valence-corrected chi connectivity index (χ1v) is 5.77. The van der Waals surface area contributed by atoms with Gasteiger partial charge in [0.2, 0.25) is 0 Å². The second kappa shape index (κ2) is 5.52. The first-order valence-electron chi connectivity index (χ1n) is 5.77. The van der Waals surface area contributed by atoms with Gasteiger partial charge in [-0.2, -0.15) is 0 Å². The van der Waals surface area contributed by atoms with Crippen molar-refractivity contribution in [2.75, 3.05) is 0 Å². The summed E-state index contributed by atoms with van der Waals surface area (Å²) in [5, 5.41) is 8.92. The second-order valence-electron chi connectivity index (χ2n) is 4.20. The van der Waals surface area contributed by atoms with E-state index in [9.17, 15) is 9.18 Å². The first-order chi connectivity index (χ1) is 9.06. The van der Waals surface area contributed by atoms with Gasteiger partial charge < -0.3 is 9.84 Å². The Kier molecular flexibility index (Phi) is 3.80. The molecule has 0 radical (unpaired) electrons. The third-order valence-corrected chi connectivity index (χ3v) is 2.74. The van der Waals surface area contributed by atoms with Gasteiger partial charge in [0.05, 0.1) is 5.56 Å². The molecule has 19 heavy (non-hydrogen) atoms. The van der Waals surface area contributed by atoms with E-state index in [4.69, 9.17) is 9.84 Å². The van der Waals surface area contributed by atoms with E-state index in [-0.39, 0.29) is 18.0 Å². The predicted octanol–water partition coefficient (Wildman–Crippen LogP) is 3.41. The number of hydrogen-bond donors (Lipinski definition) is 1. The van der Waals surface area contributed by atoms with Crippen LogP contribution in [0.5, 0.6) is 5.75 Å². The van der Waals surface area contributed by atoms with Crippen LogP contribution in [0.4, 0.5) is 4.39 Å². The van der Waals surface area contributed by atoms with E-state index in [1.165, 1.54) is 24.3 Å². The summed E-state index contributed by atoms with van der Waals surface area (Å²) in [4.78, 5) is 10.9. The van der Waals surface area contributed by atoms with Crippen LogP contribution in [0.3, 0.4) is 0 Å². The summed E-state index contributed by atoms with van der Waals surface area (Å²) in [6, 6.07) is 10.7. The van der Waals surface area contributed by atoms with Gasteiger partial charge in [0.25, 0.3) is 0 Å². The van der Waals surface area contributed by atoms with E-state index in [0.29, 0.717) is 5.75 Å². The minimum Gasteiger partial charge on any atom is -0.489 e. The molecule has 2 aromatic carbocycles. The molecule has 0 aliphatic carbocycles. The van der Waals surface area contributed by atoms with Crippen LogP contribution < -0.4 is 4.74 Å². The van der Waals surface area contributed by atoms with Crippen molar-refractivity contribution in [3.63, 3.8) is 0 Å². The van der Waals surface area contributed by atoms with Crippen LogP contribution in [0.2, 0.25) is 0 Å². The lowest BCUT2D eigenvalue weighted by Gasteiger charge is -2.10. The zero-order chi connectivity index (χ0) is 13.8. The average molecular weight is 260 g/mol. The van der Waals surface area contributed by atoms with E-state index >= 15 is 0 Å². The molecule has 0 spiro atoms. The first kappa shape index (κ1) is 13.1. The number of rotatable bonds is 4. The predicted molar refractivity (Wildman–Crippen MR) is 68.9 cm³/mol. The van der Waals surface area contributed by atoms with Crippen molar-refractivity contribution in [2.45, 2.75) is 13.5 Å². The molecule has 0 fully saturated rings. The van der Waals surface area contributed by atoms with Crippen molar-refractivity contribution in [3.8, 4) is 5.75 Å². The third-order valence-electron chi connectivity index (χ3n) is 2.74. The highest BCUT2D eigenvalue weighted by atomic mass is 19.1. The molecule has 0 amide bonds. The van der Waals surface area contributed by atoms with Crippen LogP contribution in [-0.4, -0.2) is 11.1 Å². The van der Waals surface area contributed by atoms with Gasteiger partial charge in [-0.05, 0) is 42.3 Å². The molecule has 3 nitrogen and oxygen atoms in total. The maximum Gasteiger partial charge on any atom is 0.335 e. The van der Waals surface area contributed by atoms with Crippen LogP contribution in [0.15, 0.2) is 42.5 Å². The Labute approximate surface area is 110 Å². The van der Waals surface area contributed by atoms with E-state index in [2.05, 4.69) is 0 Å². The Balaban J connectivity index is 2.12. The minimum atomic E-state index is -0.994. The number of halogens is 1. The summed E-state index contributed by atoms with van der Waals surface area (Å²) >= 11 is 0. The zero-order valence-electron chi connectivity index (χ0n) is 10.4. The fraction of sp³-hybridized carbons (Fsp3) is 0.133. The summed E-state index contributed by atoms with van der Waals surface area (Å²) in [6.07, 6.45) is 0. The molecule has 0 aromatic heterocycles. The Bertz CT molecular complexity index is 591. The highest BCUT2D eigenvalue weighted by molar-refractivity contribution is 5.88. The normalized spacial score (nSPS) is 10.2. The standard InChI is InChI=1S/C15H13FO3/c1-10-2-5-12(15(17)18)8-14(10)19-9-11-3-6-13(16)7-4-11/h2-8H,9H2,1H3,(H,17,18). The van der Waals surface area contributed by atoms with E-state index in [0.717, 1.165) is 11.1 Å². The maximum atomic E-state index is 12.7. The molecule has 2 rings (SSSR count). The van der Waals surface area contributed by atoms with Crippen LogP contribution >= 0.6 is 0 Å². The Morgan fingerprint density at radius 2 is 1.89 bits per heavy atom. The molecule has 98 valence electrons. The fourth-order valence-corrected chi connectivity index (χ4v) is 1.63. The van der Waals surface area contributed by atoms with Crippen LogP contribution in [0.25, 0.3) is 0 Å². The summed E-state index contributed by atoms with van der Waals surface area (Å²) in [6.45, 7) is 2.11. The smallest absolute Gasteiger partial charge is 0.335 e. The number of carboxylic acid groups (broad SMARTS) is 1. The van der Waals surface area contributed by atoms with Gasteiger partial charge in [0.1, 0.15) is 18.2 Å². The summed E-state index contributed by atoms with van der Waals surface area (Å²) in [5.74, 6) is -0.774. The number of aromatic carboxylic acids is 1. The maximum absolute atomic E-state index is 12.7. The van der Waals surface area contributed by atoms with E-state index in [1.54, 1.807) is 18.2 Å². The van der Waals surface area contributed by atoms with Gasteiger partial charge in [-0.1, -0.05) is 18.2 Å². The Hall–Kier alpha value is -2.36. The highest BCUT2D eigenvalue weighted by Gasteiger charge is 2.07. The molecule has 0 aliphatic rings. The van der Waals surface area contributed by atoms with Crippen molar-refractivity contribution in [3.05, 3.63) is 65.0 Å². The molecule has 0 aliphatic heterocycles. The molecule has 0 bridgehead atoms. The summed E-state index contributed by atoms with van der Waals surface area (Å²) in [5.41, 5.74) is 1.85. The summed E-state index contributed by atoms with van der Waals surface area (Å²) in [7, 11) is 0. The molecular weight excluding hydrogens is 247 g/mol. The minimum absolute atomic E-state index is 0.180. The molecule has 0 unspecified atom stereocenters. The average Bonchev–Trinajstić information content (AvgIpc) is 2.39. The number of benzene rings is 2. The van der Waals surface area contributed by atoms with Gasteiger partial charge in [-0.15, -0.1) is 0 Å². The Morgan fingerprint density at radius 1 is 1.21 bits per heavy atom. The third kappa shape index (κ3) is 3.31. The van der Waals surface area contributed by atoms with Gasteiger partial charge in [-0.25, -0.2) is 9.18 Å². The number of carboxylic acids is 1. The molecule has 0 heterocycles. The topological polar surface area (TPSA) is 46.5 Å². The van der Waals surface area contributed by atoms with Crippen molar-refractivity contribution in [1.29, 1.82) is 0 Å². The van der Waals surface area contributed by atoms with Crippen molar-refractivity contribution in [1.82, 2.24) is 0 Å². The molecule has 1 N–H and O–H groups in total. The molecular formula is C15H13FO3. The quantitative estimate of drug-likeness (QED) is 0.916. The van der Waals surface area contributed by atoms with Crippen LogP contribution in [-0.2, 0) is 6.61 Å². The lowest BCUT2D eigenvalue weighted by atomic mass is 10.1. The Morgan fingerprint density at radius 3 is 2.53 bits per heavy atom. The van der Waals surface area contributed by atoms with Gasteiger partial charge in [0.15, 0.2) is 0 Å². The molecule has 0 atom stereocenters. The SMILES string of the molecule is Cc1ccc(C(=O)O)cc1OCc1ccc(F)cc1. The zero-order valence-corrected chi connectivity index (χ0v) is 10.4. The number of aryl methyl sites for hydroxylation is 1. The van der Waals surface area contributed by atoms with Crippen molar-refractivity contribution < 1.29 is 19.0 Å². The summed E-state index contributed by atoms with van der Waals surface area (Å²) < 4.78 is 18.3. The lowest BCUT2D eigenvalue weighted by molar-refractivity contribution is 0.0696. The molecule has 0 saturated heterocycles. The number of hydrogen-bond acceptors (Lipinski definition) is 2. The molecule has 4 heteroatoms. The second-order valence-corrected chi connectivity index (χ2v) is 4.20. The van der Waals surface area contributed by atoms with E-state index < -0.39 is 5.97 Å². The highest BCUT2D eigenvalue weighted by Crippen LogP contribution is 2.21. The van der Waals surface area contributed by atoms with Gasteiger partial charge >= 0.3 is 5.97 Å². The fourth-order valence-electron chi connectivity index (χ4n) is 1.63.